The lowest BCUT2D eigenvalue weighted by Gasteiger charge is -2.22. The molecule has 0 aliphatic heterocycles. The van der Waals surface area contributed by atoms with E-state index in [-0.39, 0.29) is 18.5 Å². The average Bonchev–Trinajstić information content (AvgIpc) is 3.36. The molecule has 0 rings (SSSR count). The minimum absolute atomic E-state index is 0.00739. The van der Waals surface area contributed by atoms with Gasteiger partial charge in [-0.05, 0) is 57.8 Å². The number of carbonyl (C=O) groups is 2. The molecule has 0 bridgehead atoms. The number of nitrogens with one attached hydrogen (secondary N) is 1. The monoisotopic (exact) mass is 986 g/mol. The molecule has 2 atom stereocenters. The molecular formula is C64H123NO5. The van der Waals surface area contributed by atoms with Gasteiger partial charge in [0, 0.05) is 12.8 Å². The fourth-order valence-electron chi connectivity index (χ4n) is 9.91. The highest BCUT2D eigenvalue weighted by Gasteiger charge is 2.20. The SMILES string of the molecule is CCCCC/C=C\C/C=C\CCCCCCCCCCCC(=O)OCCCCCCCCCCCCCCCCCCCCCCC(=O)NC(CO)C(O)CCCCCCCCCCCCCCCC. The standard InChI is InChI=1S/C64H123NO5/c1-3-5-7-9-11-13-15-17-19-20-23-27-30-34-38-42-46-50-54-58-64(69)70-59-55-51-47-43-39-35-31-28-25-22-21-24-26-29-33-37-41-45-49-53-57-63(68)65-61(60-66)62(67)56-52-48-44-40-36-32-18-16-14-12-10-8-6-4-2/h11,13,17,19,61-62,66-67H,3-10,12,14-16,18,20-60H2,1-2H3,(H,65,68)/b13-11-,19-17-. The number of aliphatic hydroxyl groups is 2. The molecule has 0 aliphatic carbocycles. The number of unbranched alkanes of at least 4 members (excludes halogenated alkanes) is 44. The Morgan fingerprint density at radius 3 is 1.11 bits per heavy atom. The predicted molar refractivity (Wildman–Crippen MR) is 306 cm³/mol. The van der Waals surface area contributed by atoms with Gasteiger partial charge < -0.3 is 20.3 Å². The van der Waals surface area contributed by atoms with E-state index in [0.717, 1.165) is 51.4 Å². The van der Waals surface area contributed by atoms with Crippen LogP contribution in [0.1, 0.15) is 348 Å². The normalized spacial score (nSPS) is 12.7. The molecule has 6 nitrogen and oxygen atoms in total. The molecule has 0 saturated heterocycles. The number of rotatable bonds is 59. The van der Waals surface area contributed by atoms with Gasteiger partial charge in [0.05, 0.1) is 25.4 Å². The lowest BCUT2D eigenvalue weighted by atomic mass is 10.0. The van der Waals surface area contributed by atoms with Gasteiger partial charge in [-0.3, -0.25) is 9.59 Å². The van der Waals surface area contributed by atoms with Gasteiger partial charge in [-0.1, -0.05) is 301 Å². The molecule has 3 N–H and O–H groups in total. The Morgan fingerprint density at radius 1 is 0.400 bits per heavy atom. The van der Waals surface area contributed by atoms with E-state index >= 15 is 0 Å². The summed E-state index contributed by atoms with van der Waals surface area (Å²) in [6.45, 7) is 4.94. The average molecular weight is 987 g/mol. The summed E-state index contributed by atoms with van der Waals surface area (Å²) in [5, 5.41) is 23.3. The molecule has 0 aliphatic rings. The van der Waals surface area contributed by atoms with Crippen LogP contribution in [0.15, 0.2) is 24.3 Å². The van der Waals surface area contributed by atoms with Gasteiger partial charge in [-0.15, -0.1) is 0 Å². The zero-order valence-corrected chi connectivity index (χ0v) is 47.3. The van der Waals surface area contributed by atoms with E-state index in [1.54, 1.807) is 0 Å². The number of carbonyl (C=O) groups excluding carboxylic acids is 2. The third-order valence-electron chi connectivity index (χ3n) is 14.8. The van der Waals surface area contributed by atoms with Crippen LogP contribution in [0.25, 0.3) is 0 Å². The summed E-state index contributed by atoms with van der Waals surface area (Å²) in [6.07, 6.45) is 73.3. The second kappa shape index (κ2) is 59.9. The molecule has 2 unspecified atom stereocenters. The van der Waals surface area contributed by atoms with Crippen LogP contribution in [0.5, 0.6) is 0 Å². The molecule has 0 saturated carbocycles. The van der Waals surface area contributed by atoms with Gasteiger partial charge >= 0.3 is 5.97 Å². The van der Waals surface area contributed by atoms with Crippen molar-refractivity contribution in [3.05, 3.63) is 24.3 Å². The van der Waals surface area contributed by atoms with E-state index in [0.29, 0.717) is 25.9 Å². The van der Waals surface area contributed by atoms with Crippen molar-refractivity contribution in [3.63, 3.8) is 0 Å². The maximum absolute atomic E-state index is 12.5. The smallest absolute Gasteiger partial charge is 0.305 e. The fourth-order valence-corrected chi connectivity index (χ4v) is 9.91. The molecule has 0 aromatic carbocycles. The summed E-state index contributed by atoms with van der Waals surface area (Å²) in [7, 11) is 0. The summed E-state index contributed by atoms with van der Waals surface area (Å²) in [5.41, 5.74) is 0. The molecular weight excluding hydrogens is 863 g/mol. The molecule has 0 spiro atoms. The van der Waals surface area contributed by atoms with Gasteiger partial charge in [0.15, 0.2) is 0 Å². The summed E-state index contributed by atoms with van der Waals surface area (Å²) < 4.78 is 5.50. The Hall–Kier alpha value is -1.66. The van der Waals surface area contributed by atoms with Crippen molar-refractivity contribution >= 4 is 11.9 Å². The molecule has 1 amide bonds. The number of amides is 1. The number of hydrogen-bond donors (Lipinski definition) is 3. The largest absolute Gasteiger partial charge is 0.466 e. The van der Waals surface area contributed by atoms with E-state index in [9.17, 15) is 19.8 Å². The van der Waals surface area contributed by atoms with Crippen LogP contribution in [-0.2, 0) is 14.3 Å². The summed E-state index contributed by atoms with van der Waals surface area (Å²) >= 11 is 0. The Kier molecular flexibility index (Phi) is 58.5. The quantitative estimate of drug-likeness (QED) is 0.0321. The minimum atomic E-state index is -0.665. The maximum Gasteiger partial charge on any atom is 0.305 e. The lowest BCUT2D eigenvalue weighted by molar-refractivity contribution is -0.143. The molecule has 414 valence electrons. The Balaban J connectivity index is 3.37. The molecule has 0 heterocycles. The Labute approximate surface area is 437 Å². The third kappa shape index (κ3) is 55.7. The zero-order chi connectivity index (χ0) is 50.7. The van der Waals surface area contributed by atoms with E-state index in [1.807, 2.05) is 0 Å². The molecule has 0 aromatic heterocycles. The first-order valence-corrected chi connectivity index (χ1v) is 31.6. The third-order valence-corrected chi connectivity index (χ3v) is 14.8. The number of ether oxygens (including phenoxy) is 1. The maximum atomic E-state index is 12.5. The first-order chi connectivity index (χ1) is 34.5. The van der Waals surface area contributed by atoms with Crippen LogP contribution >= 0.6 is 0 Å². The summed E-state index contributed by atoms with van der Waals surface area (Å²) in [5.74, 6) is -0.0278. The summed E-state index contributed by atoms with van der Waals surface area (Å²) in [4.78, 5) is 24.6. The zero-order valence-electron chi connectivity index (χ0n) is 47.3. The number of aliphatic hydroxyl groups excluding tert-OH is 2. The van der Waals surface area contributed by atoms with Crippen molar-refractivity contribution in [3.8, 4) is 0 Å². The van der Waals surface area contributed by atoms with E-state index in [2.05, 4.69) is 43.5 Å². The van der Waals surface area contributed by atoms with Crippen LogP contribution in [0, 0.1) is 0 Å². The van der Waals surface area contributed by atoms with E-state index < -0.39 is 12.1 Å². The van der Waals surface area contributed by atoms with Crippen molar-refractivity contribution in [2.75, 3.05) is 13.2 Å². The van der Waals surface area contributed by atoms with Crippen LogP contribution in [0.3, 0.4) is 0 Å². The molecule has 0 aromatic rings. The highest BCUT2D eigenvalue weighted by atomic mass is 16.5. The highest BCUT2D eigenvalue weighted by molar-refractivity contribution is 5.76. The van der Waals surface area contributed by atoms with Crippen LogP contribution in [0.4, 0.5) is 0 Å². The minimum Gasteiger partial charge on any atom is -0.466 e. The lowest BCUT2D eigenvalue weighted by Crippen LogP contribution is -2.45. The first-order valence-electron chi connectivity index (χ1n) is 31.6. The van der Waals surface area contributed by atoms with Crippen molar-refractivity contribution in [1.29, 1.82) is 0 Å². The molecule has 6 heteroatoms. The first kappa shape index (κ1) is 68.3. The van der Waals surface area contributed by atoms with Gasteiger partial charge in [0.25, 0.3) is 0 Å². The number of hydrogen-bond acceptors (Lipinski definition) is 5. The van der Waals surface area contributed by atoms with Gasteiger partial charge in [0.1, 0.15) is 0 Å². The highest BCUT2D eigenvalue weighted by Crippen LogP contribution is 2.18. The summed E-state index contributed by atoms with van der Waals surface area (Å²) in [6, 6.07) is -0.542. The molecule has 0 fully saturated rings. The van der Waals surface area contributed by atoms with Crippen LogP contribution < -0.4 is 5.32 Å². The Bertz CT molecular complexity index is 1090. The van der Waals surface area contributed by atoms with Gasteiger partial charge in [-0.25, -0.2) is 0 Å². The van der Waals surface area contributed by atoms with Crippen molar-refractivity contribution < 1.29 is 24.5 Å². The van der Waals surface area contributed by atoms with Crippen molar-refractivity contribution in [2.24, 2.45) is 0 Å². The number of esters is 1. The molecule has 0 radical (unpaired) electrons. The number of allylic oxidation sites excluding steroid dienone is 4. The van der Waals surface area contributed by atoms with Crippen molar-refractivity contribution in [2.45, 2.75) is 360 Å². The fraction of sp³-hybridized carbons (Fsp3) is 0.906. The topological polar surface area (TPSA) is 95.9 Å². The van der Waals surface area contributed by atoms with Crippen LogP contribution in [-0.4, -0.2) is 47.4 Å². The Morgan fingerprint density at radius 2 is 0.714 bits per heavy atom. The predicted octanol–water partition coefficient (Wildman–Crippen LogP) is 19.8. The van der Waals surface area contributed by atoms with Crippen LogP contribution in [0.2, 0.25) is 0 Å². The van der Waals surface area contributed by atoms with Gasteiger partial charge in [-0.2, -0.15) is 0 Å². The van der Waals surface area contributed by atoms with Gasteiger partial charge in [0.2, 0.25) is 5.91 Å². The van der Waals surface area contributed by atoms with E-state index in [4.69, 9.17) is 4.74 Å². The second-order valence-electron chi connectivity index (χ2n) is 21.7. The molecule has 70 heavy (non-hydrogen) atoms. The van der Waals surface area contributed by atoms with Crippen molar-refractivity contribution in [1.82, 2.24) is 5.32 Å². The van der Waals surface area contributed by atoms with E-state index in [1.165, 1.54) is 263 Å². The second-order valence-corrected chi connectivity index (χ2v) is 21.7.